The minimum atomic E-state index is -0.415. The molecule has 0 aliphatic carbocycles. The summed E-state index contributed by atoms with van der Waals surface area (Å²) in [5.74, 6) is 0. The predicted octanol–water partition coefficient (Wildman–Crippen LogP) is 4.78. The Bertz CT molecular complexity index is 870. The number of aliphatic imine (C=N–C) groups is 1. The van der Waals surface area contributed by atoms with Gasteiger partial charge in [0.15, 0.2) is 0 Å². The van der Waals surface area contributed by atoms with Crippen LogP contribution in [0.3, 0.4) is 0 Å². The first-order valence-electron chi connectivity index (χ1n) is 6.93. The average Bonchev–Trinajstić information content (AvgIpc) is 3.00. The van der Waals surface area contributed by atoms with E-state index >= 15 is 0 Å². The highest BCUT2D eigenvalue weighted by atomic mass is 32.1. The molecule has 0 aliphatic heterocycles. The Morgan fingerprint density at radius 1 is 1.22 bits per heavy atom. The molecule has 23 heavy (non-hydrogen) atoms. The Hall–Kier alpha value is -2.86. The number of nitro benzene ring substituents is 1. The van der Waals surface area contributed by atoms with Crippen molar-refractivity contribution in [3.05, 3.63) is 74.6 Å². The molecule has 0 saturated heterocycles. The van der Waals surface area contributed by atoms with Crippen LogP contribution in [0.25, 0.3) is 11.3 Å². The van der Waals surface area contributed by atoms with Gasteiger partial charge in [-0.05, 0) is 24.6 Å². The molecule has 0 aliphatic rings. The fourth-order valence-electron chi connectivity index (χ4n) is 2.08. The van der Waals surface area contributed by atoms with Crippen molar-refractivity contribution in [1.29, 1.82) is 0 Å². The maximum absolute atomic E-state index is 10.8. The van der Waals surface area contributed by atoms with E-state index in [0.29, 0.717) is 5.56 Å². The normalized spacial score (nSPS) is 11.0. The van der Waals surface area contributed by atoms with Gasteiger partial charge in [-0.1, -0.05) is 24.3 Å². The average molecular weight is 323 g/mol. The Balaban J connectivity index is 1.78. The van der Waals surface area contributed by atoms with Crippen molar-refractivity contribution in [2.75, 3.05) is 0 Å². The number of benzene rings is 2. The monoisotopic (exact) mass is 323 g/mol. The summed E-state index contributed by atoms with van der Waals surface area (Å²) >= 11 is 1.62. The lowest BCUT2D eigenvalue weighted by Crippen LogP contribution is -1.89. The summed E-state index contributed by atoms with van der Waals surface area (Å²) in [6, 6.07) is 14.1. The predicted molar refractivity (Wildman–Crippen MR) is 92.6 cm³/mol. The van der Waals surface area contributed by atoms with Crippen LogP contribution in [-0.2, 0) is 0 Å². The number of nitrogens with zero attached hydrogens (tertiary/aromatic N) is 3. The summed E-state index contributed by atoms with van der Waals surface area (Å²) in [4.78, 5) is 19.1. The van der Waals surface area contributed by atoms with Gasteiger partial charge in [0.1, 0.15) is 0 Å². The summed E-state index contributed by atoms with van der Waals surface area (Å²) in [6.45, 7) is 1.98. The van der Waals surface area contributed by atoms with Gasteiger partial charge in [0.2, 0.25) is 0 Å². The molecule has 0 fully saturated rings. The van der Waals surface area contributed by atoms with Crippen molar-refractivity contribution in [3.8, 4) is 11.3 Å². The molecule has 1 heterocycles. The zero-order valence-corrected chi connectivity index (χ0v) is 13.2. The van der Waals surface area contributed by atoms with Gasteiger partial charge in [-0.15, -0.1) is 11.3 Å². The molecule has 0 spiro atoms. The summed E-state index contributed by atoms with van der Waals surface area (Å²) in [6.07, 6.45) is 1.62. The van der Waals surface area contributed by atoms with Crippen LogP contribution in [0.5, 0.6) is 0 Å². The molecule has 2 aromatic carbocycles. The van der Waals surface area contributed by atoms with E-state index in [4.69, 9.17) is 0 Å². The Morgan fingerprint density at radius 2 is 2.00 bits per heavy atom. The summed E-state index contributed by atoms with van der Waals surface area (Å²) in [5, 5.41) is 13.8. The third-order valence-electron chi connectivity index (χ3n) is 3.23. The van der Waals surface area contributed by atoms with Crippen molar-refractivity contribution in [3.63, 3.8) is 0 Å². The molecule has 6 heteroatoms. The van der Waals surface area contributed by atoms with Crippen molar-refractivity contribution in [2.24, 2.45) is 4.99 Å². The molecule has 0 radical (unpaired) electrons. The number of thiazole rings is 1. The Labute approximate surface area is 137 Å². The number of rotatable bonds is 4. The van der Waals surface area contributed by atoms with Crippen LogP contribution in [0.4, 0.5) is 11.4 Å². The number of hydrogen-bond acceptors (Lipinski definition) is 5. The first kappa shape index (κ1) is 15.1. The number of non-ortho nitro benzene ring substituents is 1. The van der Waals surface area contributed by atoms with E-state index in [0.717, 1.165) is 22.0 Å². The van der Waals surface area contributed by atoms with Crippen LogP contribution >= 0.6 is 11.3 Å². The zero-order chi connectivity index (χ0) is 16.2. The van der Waals surface area contributed by atoms with Gasteiger partial charge in [0, 0.05) is 29.3 Å². The van der Waals surface area contributed by atoms with E-state index in [1.807, 2.05) is 36.6 Å². The van der Waals surface area contributed by atoms with E-state index < -0.39 is 4.92 Å². The molecule has 0 unspecified atom stereocenters. The van der Waals surface area contributed by atoms with Gasteiger partial charge >= 0.3 is 0 Å². The second-order valence-electron chi connectivity index (χ2n) is 4.91. The minimum Gasteiger partial charge on any atom is -0.258 e. The first-order chi connectivity index (χ1) is 11.1. The van der Waals surface area contributed by atoms with Gasteiger partial charge in [-0.2, -0.15) is 0 Å². The Morgan fingerprint density at radius 3 is 2.65 bits per heavy atom. The fourth-order valence-corrected chi connectivity index (χ4v) is 2.70. The highest BCUT2D eigenvalue weighted by Gasteiger charge is 2.04. The van der Waals surface area contributed by atoms with Crippen molar-refractivity contribution < 1.29 is 4.92 Å². The topological polar surface area (TPSA) is 68.4 Å². The molecule has 114 valence electrons. The van der Waals surface area contributed by atoms with E-state index in [-0.39, 0.29) is 5.69 Å². The standard InChI is InChI=1S/C17H13N3O2S/c1-12-19-17(11-23-12)14-5-7-15(8-6-14)18-10-13-3-2-4-16(9-13)20(21)22/h2-11H,1H3. The van der Waals surface area contributed by atoms with Gasteiger partial charge in [-0.25, -0.2) is 4.98 Å². The third-order valence-corrected chi connectivity index (χ3v) is 4.00. The smallest absolute Gasteiger partial charge is 0.258 e. The molecular formula is C17H13N3O2S. The van der Waals surface area contributed by atoms with Crippen molar-refractivity contribution in [2.45, 2.75) is 6.92 Å². The van der Waals surface area contributed by atoms with Crippen LogP contribution in [0.1, 0.15) is 10.6 Å². The molecule has 5 nitrogen and oxygen atoms in total. The molecule has 3 rings (SSSR count). The molecule has 0 bridgehead atoms. The number of aromatic nitrogens is 1. The van der Waals surface area contributed by atoms with Crippen LogP contribution in [0.15, 0.2) is 58.9 Å². The van der Waals surface area contributed by atoms with Gasteiger partial charge in [0.25, 0.3) is 5.69 Å². The maximum Gasteiger partial charge on any atom is 0.270 e. The second-order valence-corrected chi connectivity index (χ2v) is 5.97. The lowest BCUT2D eigenvalue weighted by atomic mass is 10.1. The van der Waals surface area contributed by atoms with Gasteiger partial charge in [-0.3, -0.25) is 15.1 Å². The lowest BCUT2D eigenvalue weighted by Gasteiger charge is -1.98. The minimum absolute atomic E-state index is 0.0585. The van der Waals surface area contributed by atoms with Crippen molar-refractivity contribution >= 4 is 28.9 Å². The molecular weight excluding hydrogens is 310 g/mol. The van der Waals surface area contributed by atoms with E-state index in [2.05, 4.69) is 9.98 Å². The van der Waals surface area contributed by atoms with Crippen LogP contribution in [-0.4, -0.2) is 16.1 Å². The van der Waals surface area contributed by atoms with Crippen molar-refractivity contribution in [1.82, 2.24) is 4.98 Å². The molecule has 0 N–H and O–H groups in total. The first-order valence-corrected chi connectivity index (χ1v) is 7.81. The molecule has 3 aromatic rings. The summed E-state index contributed by atoms with van der Waals surface area (Å²) in [7, 11) is 0. The van der Waals surface area contributed by atoms with Crippen LogP contribution in [0.2, 0.25) is 0 Å². The summed E-state index contributed by atoms with van der Waals surface area (Å²) in [5.41, 5.74) is 3.54. The molecule has 0 atom stereocenters. The number of hydrogen-bond donors (Lipinski definition) is 0. The quantitative estimate of drug-likeness (QED) is 0.394. The summed E-state index contributed by atoms with van der Waals surface area (Å²) < 4.78 is 0. The molecule has 0 saturated carbocycles. The SMILES string of the molecule is Cc1nc(-c2ccc(N=Cc3cccc([N+](=O)[O-])c3)cc2)cs1. The van der Waals surface area contributed by atoms with Crippen LogP contribution in [0, 0.1) is 17.0 Å². The second kappa shape index (κ2) is 6.50. The number of nitro groups is 1. The van der Waals surface area contributed by atoms with E-state index in [1.54, 1.807) is 29.7 Å². The Kier molecular flexibility index (Phi) is 4.25. The van der Waals surface area contributed by atoms with Gasteiger partial charge < -0.3 is 0 Å². The zero-order valence-electron chi connectivity index (χ0n) is 12.3. The van der Waals surface area contributed by atoms with E-state index in [9.17, 15) is 10.1 Å². The van der Waals surface area contributed by atoms with Gasteiger partial charge in [0.05, 0.1) is 21.3 Å². The highest BCUT2D eigenvalue weighted by molar-refractivity contribution is 7.09. The molecule has 0 amide bonds. The fraction of sp³-hybridized carbons (Fsp3) is 0.0588. The van der Waals surface area contributed by atoms with E-state index in [1.165, 1.54) is 12.1 Å². The maximum atomic E-state index is 10.8. The third kappa shape index (κ3) is 3.67. The lowest BCUT2D eigenvalue weighted by molar-refractivity contribution is -0.384. The molecule has 1 aromatic heterocycles. The number of aryl methyl sites for hydroxylation is 1. The van der Waals surface area contributed by atoms with Crippen LogP contribution < -0.4 is 0 Å². The highest BCUT2D eigenvalue weighted by Crippen LogP contribution is 2.24. The largest absolute Gasteiger partial charge is 0.270 e.